The zero-order valence-corrected chi connectivity index (χ0v) is 19.6. The number of benzene rings is 2. The number of amides is 2. The van der Waals surface area contributed by atoms with Gasteiger partial charge < -0.3 is 14.2 Å². The lowest BCUT2D eigenvalue weighted by Crippen LogP contribution is -2.51. The van der Waals surface area contributed by atoms with Gasteiger partial charge in [-0.15, -0.1) is 0 Å². The Balaban J connectivity index is 1.79. The molecule has 8 heteroatoms. The number of nitro groups is 1. The van der Waals surface area contributed by atoms with Crippen LogP contribution < -0.4 is 0 Å². The Morgan fingerprint density at radius 1 is 0.971 bits per heavy atom. The molecule has 8 nitrogen and oxygen atoms in total. The molecule has 0 fully saturated rings. The number of hydrogen-bond donors (Lipinski definition) is 0. The number of nitro benzene ring substituents is 1. The van der Waals surface area contributed by atoms with Crippen molar-refractivity contribution in [1.82, 2.24) is 9.80 Å². The summed E-state index contributed by atoms with van der Waals surface area (Å²) in [6, 6.07) is 18.9. The van der Waals surface area contributed by atoms with E-state index in [4.69, 9.17) is 4.42 Å². The van der Waals surface area contributed by atoms with Crippen LogP contribution in [-0.4, -0.2) is 45.2 Å². The molecule has 0 radical (unpaired) electrons. The van der Waals surface area contributed by atoms with E-state index in [1.54, 1.807) is 17.2 Å². The predicted octanol–water partition coefficient (Wildman–Crippen LogP) is 4.70. The number of carbonyl (C=O) groups is 2. The minimum absolute atomic E-state index is 0.0968. The summed E-state index contributed by atoms with van der Waals surface area (Å²) in [7, 11) is 0. The molecule has 178 valence electrons. The second-order valence-electron chi connectivity index (χ2n) is 9.00. The second kappa shape index (κ2) is 10.8. The van der Waals surface area contributed by atoms with E-state index in [1.165, 1.54) is 29.2 Å². The molecule has 0 aliphatic carbocycles. The van der Waals surface area contributed by atoms with Gasteiger partial charge >= 0.3 is 0 Å². The third-order valence-corrected chi connectivity index (χ3v) is 5.47. The summed E-state index contributed by atoms with van der Waals surface area (Å²) >= 11 is 0. The molecule has 0 aliphatic heterocycles. The SMILES string of the molecule is CC(C)(C)N(CC(=O)N(CCc1ccccc1)Cc1ccco1)C(=O)c1ccc([N+](=O)[O-])cc1. The summed E-state index contributed by atoms with van der Waals surface area (Å²) in [5.41, 5.74) is 0.648. The number of furan rings is 1. The normalized spacial score (nSPS) is 11.1. The molecule has 0 aliphatic rings. The molecule has 0 bridgehead atoms. The fourth-order valence-corrected chi connectivity index (χ4v) is 3.52. The van der Waals surface area contributed by atoms with Gasteiger partial charge in [-0.1, -0.05) is 30.3 Å². The molecule has 0 atom stereocenters. The van der Waals surface area contributed by atoms with Gasteiger partial charge in [0, 0.05) is 29.8 Å². The maximum atomic E-state index is 13.4. The van der Waals surface area contributed by atoms with Crippen molar-refractivity contribution in [1.29, 1.82) is 0 Å². The molecular weight excluding hydrogens is 434 g/mol. The van der Waals surface area contributed by atoms with Crippen LogP contribution in [0.25, 0.3) is 0 Å². The third kappa shape index (κ3) is 6.54. The molecule has 34 heavy (non-hydrogen) atoms. The predicted molar refractivity (Wildman–Crippen MR) is 128 cm³/mol. The van der Waals surface area contributed by atoms with Crippen molar-refractivity contribution in [3.8, 4) is 0 Å². The first-order valence-corrected chi connectivity index (χ1v) is 11.1. The Hall–Kier alpha value is -3.94. The van der Waals surface area contributed by atoms with Crippen LogP contribution in [0.15, 0.2) is 77.4 Å². The summed E-state index contributed by atoms with van der Waals surface area (Å²) in [6.07, 6.45) is 2.23. The first-order chi connectivity index (χ1) is 16.1. The molecule has 2 aromatic carbocycles. The van der Waals surface area contributed by atoms with E-state index < -0.39 is 10.5 Å². The molecule has 0 N–H and O–H groups in total. The monoisotopic (exact) mass is 463 g/mol. The van der Waals surface area contributed by atoms with Gasteiger partial charge in [-0.3, -0.25) is 19.7 Å². The Bertz CT molecular complexity index is 1100. The highest BCUT2D eigenvalue weighted by atomic mass is 16.6. The van der Waals surface area contributed by atoms with Gasteiger partial charge in [0.05, 0.1) is 17.7 Å². The number of rotatable bonds is 9. The lowest BCUT2D eigenvalue weighted by molar-refractivity contribution is -0.384. The minimum Gasteiger partial charge on any atom is -0.467 e. The van der Waals surface area contributed by atoms with Crippen molar-refractivity contribution in [2.24, 2.45) is 0 Å². The lowest BCUT2D eigenvalue weighted by atomic mass is 10.0. The molecule has 1 aromatic heterocycles. The van der Waals surface area contributed by atoms with Crippen LogP contribution in [0, 0.1) is 10.1 Å². The van der Waals surface area contributed by atoms with Crippen molar-refractivity contribution in [3.63, 3.8) is 0 Å². The van der Waals surface area contributed by atoms with E-state index in [-0.39, 0.29) is 29.6 Å². The van der Waals surface area contributed by atoms with Crippen LogP contribution in [-0.2, 0) is 17.8 Å². The highest BCUT2D eigenvalue weighted by Crippen LogP contribution is 2.20. The summed E-state index contributed by atoms with van der Waals surface area (Å²) in [5.74, 6) is 0.0830. The number of carbonyl (C=O) groups excluding carboxylic acids is 2. The van der Waals surface area contributed by atoms with Crippen molar-refractivity contribution in [3.05, 3.63) is 100.0 Å². The van der Waals surface area contributed by atoms with Crippen LogP contribution in [0.5, 0.6) is 0 Å². The quantitative estimate of drug-likeness (QED) is 0.338. The first-order valence-electron chi connectivity index (χ1n) is 11.1. The van der Waals surface area contributed by atoms with Crippen LogP contribution in [0.1, 0.15) is 42.5 Å². The highest BCUT2D eigenvalue weighted by Gasteiger charge is 2.31. The maximum Gasteiger partial charge on any atom is 0.269 e. The lowest BCUT2D eigenvalue weighted by Gasteiger charge is -2.36. The van der Waals surface area contributed by atoms with Gasteiger partial charge in [0.25, 0.3) is 11.6 Å². The van der Waals surface area contributed by atoms with Crippen molar-refractivity contribution in [2.75, 3.05) is 13.1 Å². The fourth-order valence-electron chi connectivity index (χ4n) is 3.52. The molecule has 2 amide bonds. The van der Waals surface area contributed by atoms with E-state index in [1.807, 2.05) is 57.2 Å². The largest absolute Gasteiger partial charge is 0.467 e. The summed E-state index contributed by atoms with van der Waals surface area (Å²) in [5, 5.41) is 10.9. The maximum absolute atomic E-state index is 13.4. The van der Waals surface area contributed by atoms with E-state index in [2.05, 4.69) is 0 Å². The zero-order valence-electron chi connectivity index (χ0n) is 19.6. The highest BCUT2D eigenvalue weighted by molar-refractivity contribution is 5.97. The molecule has 3 aromatic rings. The number of non-ortho nitro benzene ring substituents is 1. The molecule has 0 unspecified atom stereocenters. The van der Waals surface area contributed by atoms with E-state index in [9.17, 15) is 19.7 Å². The molecule has 3 rings (SSSR count). The Labute approximate surface area is 198 Å². The zero-order chi connectivity index (χ0) is 24.7. The third-order valence-electron chi connectivity index (χ3n) is 5.47. The average Bonchev–Trinajstić information content (AvgIpc) is 3.33. The number of hydrogen-bond acceptors (Lipinski definition) is 5. The molecule has 0 saturated carbocycles. The van der Waals surface area contributed by atoms with Crippen LogP contribution >= 0.6 is 0 Å². The van der Waals surface area contributed by atoms with Gasteiger partial charge in [0.2, 0.25) is 5.91 Å². The van der Waals surface area contributed by atoms with Gasteiger partial charge in [0.1, 0.15) is 12.3 Å². The molecule has 1 heterocycles. The second-order valence-corrected chi connectivity index (χ2v) is 9.00. The summed E-state index contributed by atoms with van der Waals surface area (Å²) in [6.45, 7) is 6.18. The van der Waals surface area contributed by atoms with Crippen LogP contribution in [0.4, 0.5) is 5.69 Å². The topological polar surface area (TPSA) is 96.9 Å². The summed E-state index contributed by atoms with van der Waals surface area (Å²) in [4.78, 5) is 40.3. The van der Waals surface area contributed by atoms with Crippen LogP contribution in [0.3, 0.4) is 0 Å². The van der Waals surface area contributed by atoms with Crippen molar-refractivity contribution in [2.45, 2.75) is 39.3 Å². The van der Waals surface area contributed by atoms with E-state index in [0.29, 0.717) is 25.3 Å². The van der Waals surface area contributed by atoms with Gasteiger partial charge in [-0.25, -0.2) is 0 Å². The molecule has 0 spiro atoms. The van der Waals surface area contributed by atoms with Crippen molar-refractivity contribution < 1.29 is 18.9 Å². The standard InChI is InChI=1S/C26H29N3O5/c1-26(2,3)28(25(31)21-11-13-22(14-12-21)29(32)33)19-24(30)27(18-23-10-7-17-34-23)16-15-20-8-5-4-6-9-20/h4-14,17H,15-16,18-19H2,1-3H3. The molecular formula is C26H29N3O5. The summed E-state index contributed by atoms with van der Waals surface area (Å²) < 4.78 is 5.46. The molecule has 0 saturated heterocycles. The van der Waals surface area contributed by atoms with Crippen molar-refractivity contribution >= 4 is 17.5 Å². The van der Waals surface area contributed by atoms with Gasteiger partial charge in [-0.2, -0.15) is 0 Å². The van der Waals surface area contributed by atoms with Crippen LogP contribution in [0.2, 0.25) is 0 Å². The smallest absolute Gasteiger partial charge is 0.269 e. The van der Waals surface area contributed by atoms with Gasteiger partial charge in [-0.05, 0) is 57.0 Å². The Kier molecular flexibility index (Phi) is 7.83. The average molecular weight is 464 g/mol. The number of nitrogens with zero attached hydrogens (tertiary/aromatic N) is 3. The fraction of sp³-hybridized carbons (Fsp3) is 0.308. The Morgan fingerprint density at radius 3 is 2.21 bits per heavy atom. The Morgan fingerprint density at radius 2 is 1.65 bits per heavy atom. The van der Waals surface area contributed by atoms with E-state index in [0.717, 1.165) is 5.56 Å². The van der Waals surface area contributed by atoms with E-state index >= 15 is 0 Å². The minimum atomic E-state index is -0.649. The van der Waals surface area contributed by atoms with Gasteiger partial charge in [0.15, 0.2) is 0 Å². The first kappa shape index (κ1) is 24.7.